The summed E-state index contributed by atoms with van der Waals surface area (Å²) < 4.78 is 16.3. The van der Waals surface area contributed by atoms with Gasteiger partial charge in [-0.1, -0.05) is 12.1 Å². The Labute approximate surface area is 329 Å². The molecule has 0 saturated carbocycles. The molecule has 1 fully saturated rings. The quantitative estimate of drug-likeness (QED) is 0.0640. The van der Waals surface area contributed by atoms with Gasteiger partial charge in [0, 0.05) is 98.9 Å². The third-order valence-electron chi connectivity index (χ3n) is 8.54. The molecule has 0 spiro atoms. The molecule has 1 saturated heterocycles. The van der Waals surface area contributed by atoms with E-state index in [1.807, 2.05) is 6.92 Å². The van der Waals surface area contributed by atoms with E-state index in [1.165, 1.54) is 14.7 Å². The summed E-state index contributed by atoms with van der Waals surface area (Å²) >= 11 is 0. The molecule has 0 aromatic heterocycles. The fourth-order valence-corrected chi connectivity index (χ4v) is 5.67. The second-order valence-electron chi connectivity index (χ2n) is 11.6. The summed E-state index contributed by atoms with van der Waals surface area (Å²) in [6.07, 6.45) is 0.0332. The van der Waals surface area contributed by atoms with E-state index >= 15 is 0 Å². The molecule has 2 rings (SSSR count). The minimum atomic E-state index is -1.39. The van der Waals surface area contributed by atoms with Crippen LogP contribution in [0.2, 0.25) is 0 Å². The van der Waals surface area contributed by atoms with Gasteiger partial charge in [0.15, 0.2) is 0 Å². The molecular formula is C32H52GdN4O14. The zero-order valence-electron chi connectivity index (χ0n) is 28.8. The number of nitrogens with zero attached hydrogens (tertiary/aromatic N) is 4. The van der Waals surface area contributed by atoms with Gasteiger partial charge in [-0.25, -0.2) is 0 Å². The molecule has 1 heterocycles. The van der Waals surface area contributed by atoms with Gasteiger partial charge in [-0.15, -0.1) is 0 Å². The molecule has 4 unspecified atom stereocenters. The van der Waals surface area contributed by atoms with Crippen molar-refractivity contribution in [3.8, 4) is 5.75 Å². The van der Waals surface area contributed by atoms with E-state index in [2.05, 4.69) is 0 Å². The van der Waals surface area contributed by atoms with Crippen LogP contribution in [0.1, 0.15) is 12.5 Å². The van der Waals surface area contributed by atoms with Gasteiger partial charge in [0.05, 0.1) is 39.6 Å². The van der Waals surface area contributed by atoms with Crippen LogP contribution in [0.25, 0.3) is 0 Å². The third-order valence-corrected chi connectivity index (χ3v) is 8.54. The van der Waals surface area contributed by atoms with Gasteiger partial charge in [0.25, 0.3) is 0 Å². The fourth-order valence-electron chi connectivity index (χ4n) is 5.67. The maximum Gasteiger partial charge on any atom is 0.323 e. The minimum absolute atomic E-state index is 0. The zero-order chi connectivity index (χ0) is 37.1. The number of ether oxygens (including phenoxy) is 3. The average Bonchev–Trinajstić information content (AvgIpc) is 3.07. The van der Waals surface area contributed by atoms with Crippen molar-refractivity contribution in [3.05, 3.63) is 29.8 Å². The average molecular weight is 874 g/mol. The predicted molar refractivity (Wildman–Crippen MR) is 176 cm³/mol. The van der Waals surface area contributed by atoms with Crippen LogP contribution in [-0.2, 0) is 35.1 Å². The van der Waals surface area contributed by atoms with Gasteiger partial charge in [0.1, 0.15) is 36.5 Å². The second-order valence-corrected chi connectivity index (χ2v) is 11.6. The maximum absolute atomic E-state index is 12.7. The maximum atomic E-state index is 12.7. The van der Waals surface area contributed by atoms with Crippen molar-refractivity contribution in [2.24, 2.45) is 0 Å². The number of aliphatic carboxylic acids is 4. The number of carboxylic acids is 4. The van der Waals surface area contributed by atoms with Crippen molar-refractivity contribution in [2.45, 2.75) is 37.5 Å². The molecule has 4 atom stereocenters. The van der Waals surface area contributed by atoms with Crippen LogP contribution in [-0.4, -0.2) is 209 Å². The van der Waals surface area contributed by atoms with E-state index < -0.39 is 67.9 Å². The van der Waals surface area contributed by atoms with Crippen LogP contribution in [0.4, 0.5) is 0 Å². The van der Waals surface area contributed by atoms with Crippen molar-refractivity contribution in [1.82, 2.24) is 19.6 Å². The molecule has 292 valence electrons. The Morgan fingerprint density at radius 3 is 1.24 bits per heavy atom. The first-order chi connectivity index (χ1) is 24.0. The van der Waals surface area contributed by atoms with Gasteiger partial charge in [-0.3, -0.25) is 38.8 Å². The van der Waals surface area contributed by atoms with Crippen LogP contribution in [0.5, 0.6) is 5.75 Å². The normalized spacial score (nSPS) is 18.3. The number of aliphatic hydroxyl groups is 3. The smallest absolute Gasteiger partial charge is 0.323 e. The third kappa shape index (κ3) is 16.2. The van der Waals surface area contributed by atoms with Crippen molar-refractivity contribution >= 4 is 23.9 Å². The van der Waals surface area contributed by atoms with Gasteiger partial charge >= 0.3 is 23.9 Å². The first kappa shape index (κ1) is 46.9. The first-order valence-electron chi connectivity index (χ1n) is 16.5. The Balaban J connectivity index is 0.0000130. The summed E-state index contributed by atoms with van der Waals surface area (Å²) in [5.74, 6) is -4.63. The Kier molecular flexibility index (Phi) is 23.7. The van der Waals surface area contributed by atoms with Gasteiger partial charge in [-0.2, -0.15) is 0 Å². The monoisotopic (exact) mass is 874 g/mol. The van der Waals surface area contributed by atoms with Crippen molar-refractivity contribution in [1.29, 1.82) is 0 Å². The summed E-state index contributed by atoms with van der Waals surface area (Å²) in [4.78, 5) is 54.6. The summed E-state index contributed by atoms with van der Waals surface area (Å²) in [5, 5.41) is 69.4. The van der Waals surface area contributed by atoms with Crippen molar-refractivity contribution < 1.29 is 109 Å². The van der Waals surface area contributed by atoms with Crippen molar-refractivity contribution in [3.63, 3.8) is 0 Å². The van der Waals surface area contributed by atoms with Crippen LogP contribution in [0.15, 0.2) is 24.3 Å². The largest absolute Gasteiger partial charge is 0.491 e. The Bertz CT molecular complexity index is 1150. The van der Waals surface area contributed by atoms with Crippen LogP contribution < -0.4 is 4.74 Å². The van der Waals surface area contributed by atoms with E-state index in [4.69, 9.17) is 14.2 Å². The summed E-state index contributed by atoms with van der Waals surface area (Å²) in [6, 6.07) is 1.57. The van der Waals surface area contributed by atoms with Crippen molar-refractivity contribution in [2.75, 3.05) is 105 Å². The number of hydrogen-bond donors (Lipinski definition) is 7. The number of benzene rings is 1. The minimum Gasteiger partial charge on any atom is -0.491 e. The van der Waals surface area contributed by atoms with E-state index in [0.717, 1.165) is 0 Å². The SMILES string of the molecule is CCOCCOCCOc1ccc(CC(C(=O)O)N2CCN(C(CO)C(=O)O)CCN(C(CO)C(=O)O)CCN(C(CO)C(=O)O)CC2)cc1.[Gd]. The molecule has 1 aliphatic rings. The molecule has 0 radical (unpaired) electrons. The molecule has 7 N–H and O–H groups in total. The van der Waals surface area contributed by atoms with Crippen LogP contribution in [0, 0.1) is 39.9 Å². The number of hydrogen-bond acceptors (Lipinski definition) is 14. The van der Waals surface area contributed by atoms with Crippen LogP contribution in [0.3, 0.4) is 0 Å². The molecule has 18 nitrogen and oxygen atoms in total. The van der Waals surface area contributed by atoms with Crippen LogP contribution >= 0.6 is 0 Å². The molecule has 1 aliphatic heterocycles. The van der Waals surface area contributed by atoms with E-state index in [-0.39, 0.29) is 98.7 Å². The fraction of sp³-hybridized carbons (Fsp3) is 0.688. The zero-order valence-corrected chi connectivity index (χ0v) is 31.0. The molecule has 0 aliphatic carbocycles. The molecule has 0 amide bonds. The van der Waals surface area contributed by atoms with Gasteiger partial charge < -0.3 is 50.0 Å². The number of carboxylic acid groups (broad SMARTS) is 4. The predicted octanol–water partition coefficient (Wildman–Crippen LogP) is -2.33. The first-order valence-corrected chi connectivity index (χ1v) is 16.5. The standard InChI is InChI=1S/C32H52N4O14.Gd/c1-2-48-15-16-49-17-18-50-24-5-3-23(4-6-24)19-25(29(40)41)33-7-9-34(26(20-37)30(42)43)11-13-36(28(22-39)32(46)47)14-12-35(10-8-33)27(21-38)31(44)45;/h3-6,25-28,37-39H,2,7-22H2,1H3,(H,40,41)(H,42,43)(H,44,45)(H,46,47);. The summed E-state index contributed by atoms with van der Waals surface area (Å²) in [6.45, 7) is 1.35. The number of rotatable bonds is 21. The Morgan fingerprint density at radius 2 is 0.902 bits per heavy atom. The number of carbonyl (C=O) groups is 4. The van der Waals surface area contributed by atoms with E-state index in [0.29, 0.717) is 44.3 Å². The van der Waals surface area contributed by atoms with E-state index in [9.17, 15) is 54.9 Å². The summed E-state index contributed by atoms with van der Waals surface area (Å²) in [5.41, 5.74) is 0.662. The van der Waals surface area contributed by atoms with E-state index in [1.54, 1.807) is 29.2 Å². The topological polar surface area (TPSA) is 251 Å². The van der Waals surface area contributed by atoms with Gasteiger partial charge in [-0.05, 0) is 31.0 Å². The van der Waals surface area contributed by atoms with Gasteiger partial charge in [0.2, 0.25) is 0 Å². The number of aliphatic hydroxyl groups excluding tert-OH is 3. The molecule has 19 heteroatoms. The Morgan fingerprint density at radius 1 is 0.569 bits per heavy atom. The molecule has 0 bridgehead atoms. The molecule has 1 aromatic rings. The Hall–Kier alpha value is -2.14. The molecular weight excluding hydrogens is 822 g/mol. The summed E-state index contributed by atoms with van der Waals surface area (Å²) in [7, 11) is 0. The molecule has 1 aromatic carbocycles. The second kappa shape index (κ2) is 25.8. The molecule has 51 heavy (non-hydrogen) atoms.